The number of aldehydes is 1. The molecule has 1 saturated heterocycles. The first kappa shape index (κ1) is 24.9. The molecule has 1 heterocycles. The second kappa shape index (κ2) is 12.5. The van der Waals surface area contributed by atoms with Crippen molar-refractivity contribution in [2.24, 2.45) is 5.92 Å². The molecule has 0 radical (unpaired) electrons. The van der Waals surface area contributed by atoms with Gasteiger partial charge in [-0.1, -0.05) is 35.2 Å². The number of benzene rings is 1. The summed E-state index contributed by atoms with van der Waals surface area (Å²) >= 11 is 5.16. The first-order valence-corrected chi connectivity index (χ1v) is 12.2. The van der Waals surface area contributed by atoms with Crippen molar-refractivity contribution >= 4 is 52.0 Å². The van der Waals surface area contributed by atoms with E-state index < -0.39 is 0 Å². The average molecular weight is 499 g/mol. The Balaban J connectivity index is 0.000000335. The van der Waals surface area contributed by atoms with E-state index in [0.717, 1.165) is 41.3 Å². The van der Waals surface area contributed by atoms with Gasteiger partial charge in [-0.05, 0) is 45.0 Å². The summed E-state index contributed by atoms with van der Waals surface area (Å²) < 4.78 is 6.08. The fraction of sp³-hybridized carbons (Fsp3) is 0.591. The Bertz CT molecular complexity index is 727. The predicted molar refractivity (Wildman–Crippen MR) is 125 cm³/mol. The number of esters is 1. The molecule has 0 aromatic heterocycles. The van der Waals surface area contributed by atoms with Crippen LogP contribution in [0.2, 0.25) is 0 Å². The predicted octanol–water partition coefficient (Wildman–Crippen LogP) is 4.42. The molecule has 1 amide bonds. The van der Waals surface area contributed by atoms with Gasteiger partial charge in [0.05, 0.1) is 12.0 Å². The number of nitrogens with zero attached hydrogens (tertiary/aromatic N) is 2. The standard InChI is InChI=1S/C15H19BrN2O3S.C7H12O/c1-4-21-15(20)13-8-22-14(18(13)3)11-7-10(16)5-6-12(11)17(2)9-19;8-6-7-4-2-1-3-5-7/h5-7,9,13-14H,4,8H2,1-3H3;6-7H,1-5H2. The lowest BCUT2D eigenvalue weighted by atomic mass is 9.91. The van der Waals surface area contributed by atoms with Gasteiger partial charge in [-0.25, -0.2) is 0 Å². The summed E-state index contributed by atoms with van der Waals surface area (Å²) in [7, 11) is 3.64. The molecule has 8 heteroatoms. The van der Waals surface area contributed by atoms with Gasteiger partial charge in [0.25, 0.3) is 0 Å². The minimum Gasteiger partial charge on any atom is -0.465 e. The Morgan fingerprint density at radius 2 is 2.00 bits per heavy atom. The van der Waals surface area contributed by atoms with Gasteiger partial charge in [-0.3, -0.25) is 14.5 Å². The topological polar surface area (TPSA) is 66.9 Å². The van der Waals surface area contributed by atoms with Crippen molar-refractivity contribution in [2.75, 3.05) is 31.4 Å². The van der Waals surface area contributed by atoms with Crippen molar-refractivity contribution in [1.29, 1.82) is 0 Å². The fourth-order valence-electron chi connectivity index (χ4n) is 3.73. The van der Waals surface area contributed by atoms with E-state index in [9.17, 15) is 14.4 Å². The Hall–Kier alpha value is -1.38. The van der Waals surface area contributed by atoms with Crippen LogP contribution in [0.5, 0.6) is 0 Å². The summed E-state index contributed by atoms with van der Waals surface area (Å²) in [6.07, 6.45) is 8.05. The number of ether oxygens (including phenoxy) is 1. The SMILES string of the molecule is CCOC(=O)C1CSC(c2cc(Br)ccc2N(C)C=O)N1C.O=CC1CCCCC1. The lowest BCUT2D eigenvalue weighted by molar-refractivity contribution is -0.148. The molecule has 1 aliphatic heterocycles. The van der Waals surface area contributed by atoms with E-state index in [-0.39, 0.29) is 17.4 Å². The molecular weight excluding hydrogens is 468 g/mol. The van der Waals surface area contributed by atoms with Crippen LogP contribution < -0.4 is 4.90 Å². The van der Waals surface area contributed by atoms with Gasteiger partial charge in [0.1, 0.15) is 12.3 Å². The largest absolute Gasteiger partial charge is 0.465 e. The molecule has 2 fully saturated rings. The highest BCUT2D eigenvalue weighted by atomic mass is 79.9. The molecule has 0 N–H and O–H groups in total. The van der Waals surface area contributed by atoms with Gasteiger partial charge >= 0.3 is 5.97 Å². The number of carbonyl (C=O) groups is 3. The Morgan fingerprint density at radius 3 is 2.57 bits per heavy atom. The van der Waals surface area contributed by atoms with Gasteiger partial charge in [0.2, 0.25) is 6.41 Å². The third-order valence-electron chi connectivity index (χ3n) is 5.47. The number of hydrogen-bond acceptors (Lipinski definition) is 6. The number of rotatable bonds is 6. The normalized spacial score (nSPS) is 22.0. The summed E-state index contributed by atoms with van der Waals surface area (Å²) in [4.78, 5) is 36.9. The zero-order valence-corrected chi connectivity index (χ0v) is 20.3. The molecule has 2 aliphatic rings. The third-order valence-corrected chi connectivity index (χ3v) is 7.37. The van der Waals surface area contributed by atoms with Crippen LogP contribution in [-0.4, -0.2) is 56.1 Å². The lowest BCUT2D eigenvalue weighted by Gasteiger charge is -2.27. The first-order chi connectivity index (χ1) is 14.4. The van der Waals surface area contributed by atoms with E-state index in [2.05, 4.69) is 15.9 Å². The summed E-state index contributed by atoms with van der Waals surface area (Å²) in [5.41, 5.74) is 1.84. The maximum atomic E-state index is 12.0. The molecule has 0 bridgehead atoms. The van der Waals surface area contributed by atoms with Crippen LogP contribution in [0.1, 0.15) is 50.0 Å². The number of thioether (sulfide) groups is 1. The Morgan fingerprint density at radius 1 is 1.30 bits per heavy atom. The molecule has 1 aliphatic carbocycles. The second-order valence-corrected chi connectivity index (χ2v) is 9.60. The minimum atomic E-state index is -0.261. The third kappa shape index (κ3) is 6.56. The summed E-state index contributed by atoms with van der Waals surface area (Å²) in [5, 5.41) is 0.00399. The minimum absolute atomic E-state index is 0.00399. The number of halogens is 1. The van der Waals surface area contributed by atoms with E-state index in [1.165, 1.54) is 19.3 Å². The highest BCUT2D eigenvalue weighted by Gasteiger charge is 2.38. The first-order valence-electron chi connectivity index (χ1n) is 10.4. The highest BCUT2D eigenvalue weighted by Crippen LogP contribution is 2.44. The van der Waals surface area contributed by atoms with Gasteiger partial charge < -0.3 is 14.4 Å². The van der Waals surface area contributed by atoms with Gasteiger partial charge in [-0.15, -0.1) is 11.8 Å². The van der Waals surface area contributed by atoms with Crippen molar-refractivity contribution in [3.8, 4) is 0 Å². The van der Waals surface area contributed by atoms with Gasteiger partial charge in [-0.2, -0.15) is 0 Å². The quantitative estimate of drug-likeness (QED) is 0.427. The van der Waals surface area contributed by atoms with Crippen molar-refractivity contribution in [1.82, 2.24) is 4.90 Å². The van der Waals surface area contributed by atoms with Crippen LogP contribution in [0.4, 0.5) is 5.69 Å². The fourth-order valence-corrected chi connectivity index (χ4v) is 5.60. The molecule has 30 heavy (non-hydrogen) atoms. The maximum absolute atomic E-state index is 12.0. The molecule has 166 valence electrons. The smallest absolute Gasteiger partial charge is 0.324 e. The molecule has 1 aromatic rings. The number of likely N-dealkylation sites (N-methyl/N-ethyl adjacent to an activating group) is 1. The molecule has 1 aromatic carbocycles. The Kier molecular flexibility index (Phi) is 10.3. The van der Waals surface area contributed by atoms with Crippen LogP contribution in [0.3, 0.4) is 0 Å². The van der Waals surface area contributed by atoms with Crippen molar-refractivity contribution < 1.29 is 19.1 Å². The van der Waals surface area contributed by atoms with Crippen LogP contribution in [0.25, 0.3) is 0 Å². The highest BCUT2D eigenvalue weighted by molar-refractivity contribution is 9.10. The zero-order chi connectivity index (χ0) is 22.1. The molecule has 6 nitrogen and oxygen atoms in total. The molecule has 2 atom stereocenters. The number of hydrogen-bond donors (Lipinski definition) is 0. The second-order valence-electron chi connectivity index (χ2n) is 7.57. The molecule has 0 spiro atoms. The van der Waals surface area contributed by atoms with E-state index in [4.69, 9.17) is 4.74 Å². The number of amides is 1. The van der Waals surface area contributed by atoms with Crippen LogP contribution in [-0.2, 0) is 19.1 Å². The maximum Gasteiger partial charge on any atom is 0.324 e. The van der Waals surface area contributed by atoms with Gasteiger partial charge in [0.15, 0.2) is 0 Å². The monoisotopic (exact) mass is 498 g/mol. The summed E-state index contributed by atoms with van der Waals surface area (Å²) in [6.45, 7) is 2.19. The average Bonchev–Trinajstić information content (AvgIpc) is 3.15. The molecular formula is C22H31BrN2O4S. The van der Waals surface area contributed by atoms with Crippen molar-refractivity contribution in [3.05, 3.63) is 28.2 Å². The van der Waals surface area contributed by atoms with Crippen LogP contribution >= 0.6 is 27.7 Å². The zero-order valence-electron chi connectivity index (χ0n) is 17.9. The summed E-state index contributed by atoms with van der Waals surface area (Å²) in [6, 6.07) is 5.54. The van der Waals surface area contributed by atoms with Crippen molar-refractivity contribution in [2.45, 2.75) is 50.4 Å². The summed E-state index contributed by atoms with van der Waals surface area (Å²) in [5.74, 6) is 0.889. The van der Waals surface area contributed by atoms with E-state index in [1.54, 1.807) is 23.7 Å². The van der Waals surface area contributed by atoms with E-state index in [0.29, 0.717) is 18.3 Å². The van der Waals surface area contributed by atoms with Crippen LogP contribution in [0, 0.1) is 5.92 Å². The molecule has 2 unspecified atom stereocenters. The number of carbonyl (C=O) groups excluding carboxylic acids is 3. The molecule has 1 saturated carbocycles. The van der Waals surface area contributed by atoms with Crippen molar-refractivity contribution in [3.63, 3.8) is 0 Å². The Labute approximate surface area is 191 Å². The number of anilines is 1. The van der Waals surface area contributed by atoms with Crippen LogP contribution in [0.15, 0.2) is 22.7 Å². The van der Waals surface area contributed by atoms with E-state index in [1.807, 2.05) is 37.1 Å². The molecule has 3 rings (SSSR count). The van der Waals surface area contributed by atoms with Gasteiger partial charge in [0, 0.05) is 34.4 Å². The lowest BCUT2D eigenvalue weighted by Crippen LogP contribution is -2.37. The van der Waals surface area contributed by atoms with E-state index >= 15 is 0 Å².